The molecule has 2 aromatic carbocycles. The highest BCUT2D eigenvalue weighted by atomic mass is 16.5. The second kappa shape index (κ2) is 9.17. The summed E-state index contributed by atoms with van der Waals surface area (Å²) in [5.74, 6) is 1.11. The van der Waals surface area contributed by atoms with Crippen molar-refractivity contribution >= 4 is 11.6 Å². The van der Waals surface area contributed by atoms with Gasteiger partial charge in [0.1, 0.15) is 11.5 Å². The van der Waals surface area contributed by atoms with Crippen LogP contribution in [0.15, 0.2) is 94.3 Å². The van der Waals surface area contributed by atoms with Crippen LogP contribution in [0, 0.1) is 0 Å². The van der Waals surface area contributed by atoms with Gasteiger partial charge in [0, 0.05) is 29.9 Å². The van der Waals surface area contributed by atoms with E-state index in [0.717, 1.165) is 16.9 Å². The average molecular weight is 414 g/mol. The van der Waals surface area contributed by atoms with E-state index in [0.29, 0.717) is 17.9 Å². The first-order valence-electron chi connectivity index (χ1n) is 9.89. The summed E-state index contributed by atoms with van der Waals surface area (Å²) in [4.78, 5) is 24.5. The van der Waals surface area contributed by atoms with E-state index in [2.05, 4.69) is 5.32 Å². The summed E-state index contributed by atoms with van der Waals surface area (Å²) >= 11 is 0. The number of benzene rings is 2. The van der Waals surface area contributed by atoms with Gasteiger partial charge in [-0.25, -0.2) is 0 Å². The molecule has 0 aliphatic heterocycles. The first-order chi connectivity index (χ1) is 15.1. The topological polar surface area (TPSA) is 73.5 Å². The zero-order valence-electron chi connectivity index (χ0n) is 17.1. The lowest BCUT2D eigenvalue weighted by Gasteiger charge is -2.11. The van der Waals surface area contributed by atoms with Gasteiger partial charge in [-0.15, -0.1) is 0 Å². The van der Waals surface area contributed by atoms with E-state index >= 15 is 0 Å². The van der Waals surface area contributed by atoms with Crippen LogP contribution in [0.5, 0.6) is 5.75 Å². The van der Waals surface area contributed by atoms with Crippen LogP contribution in [-0.4, -0.2) is 17.6 Å². The molecule has 0 unspecified atom stereocenters. The maximum atomic E-state index is 12.7. The highest BCUT2D eigenvalue weighted by Crippen LogP contribution is 2.26. The third-order valence-corrected chi connectivity index (χ3v) is 4.89. The molecule has 0 aliphatic carbocycles. The number of amides is 1. The van der Waals surface area contributed by atoms with E-state index in [9.17, 15) is 9.59 Å². The smallest absolute Gasteiger partial charge is 0.291 e. The Morgan fingerprint density at radius 1 is 1.00 bits per heavy atom. The number of hydrogen-bond acceptors (Lipinski definition) is 4. The molecular formula is C25H22N2O4. The van der Waals surface area contributed by atoms with Gasteiger partial charge in [0.15, 0.2) is 5.76 Å². The van der Waals surface area contributed by atoms with Gasteiger partial charge in [-0.3, -0.25) is 9.59 Å². The molecule has 6 heteroatoms. The number of ether oxygens (including phenoxy) is 1. The van der Waals surface area contributed by atoms with Gasteiger partial charge in [-0.1, -0.05) is 36.4 Å². The summed E-state index contributed by atoms with van der Waals surface area (Å²) < 4.78 is 12.6. The second-order valence-corrected chi connectivity index (χ2v) is 7.08. The third-order valence-electron chi connectivity index (χ3n) is 4.89. The molecule has 2 aromatic heterocycles. The predicted octanol–water partition coefficient (Wildman–Crippen LogP) is 4.34. The lowest BCUT2D eigenvalue weighted by Crippen LogP contribution is -2.18. The second-order valence-electron chi connectivity index (χ2n) is 7.08. The Balaban J connectivity index is 1.48. The van der Waals surface area contributed by atoms with Crippen LogP contribution < -0.4 is 15.6 Å². The maximum Gasteiger partial charge on any atom is 0.291 e. The number of methoxy groups -OCH3 is 1. The van der Waals surface area contributed by atoms with Gasteiger partial charge in [0.25, 0.3) is 11.5 Å². The molecule has 6 nitrogen and oxygen atoms in total. The predicted molar refractivity (Wildman–Crippen MR) is 119 cm³/mol. The van der Waals surface area contributed by atoms with Gasteiger partial charge in [0.05, 0.1) is 13.7 Å². The Bertz CT molecular complexity index is 1240. The summed E-state index contributed by atoms with van der Waals surface area (Å²) in [6.45, 7) is 0.261. The van der Waals surface area contributed by atoms with Crippen molar-refractivity contribution in [3.63, 3.8) is 0 Å². The molecule has 2 heterocycles. The van der Waals surface area contributed by atoms with E-state index in [4.69, 9.17) is 9.15 Å². The van der Waals surface area contributed by atoms with E-state index < -0.39 is 0 Å². The lowest BCUT2D eigenvalue weighted by molar-refractivity contribution is 0.0994. The van der Waals surface area contributed by atoms with Crippen LogP contribution in [0.25, 0.3) is 0 Å². The van der Waals surface area contributed by atoms with Crippen molar-refractivity contribution in [2.75, 3.05) is 12.4 Å². The molecule has 0 aliphatic rings. The van der Waals surface area contributed by atoms with Gasteiger partial charge >= 0.3 is 0 Å². The normalized spacial score (nSPS) is 10.6. The highest BCUT2D eigenvalue weighted by Gasteiger charge is 2.14. The monoisotopic (exact) mass is 414 g/mol. The molecule has 31 heavy (non-hydrogen) atoms. The minimum atomic E-state index is -0.359. The van der Waals surface area contributed by atoms with Crippen molar-refractivity contribution in [2.45, 2.75) is 13.0 Å². The summed E-state index contributed by atoms with van der Waals surface area (Å²) in [5.41, 5.74) is 2.63. The van der Waals surface area contributed by atoms with Crippen LogP contribution in [0.4, 0.5) is 5.69 Å². The molecule has 4 rings (SSSR count). The number of hydrogen-bond donors (Lipinski definition) is 1. The fourth-order valence-electron chi connectivity index (χ4n) is 3.35. The van der Waals surface area contributed by atoms with Crippen LogP contribution >= 0.6 is 0 Å². The molecule has 1 amide bonds. The number of anilines is 1. The Morgan fingerprint density at radius 3 is 2.58 bits per heavy atom. The third kappa shape index (κ3) is 4.93. The highest BCUT2D eigenvalue weighted by molar-refractivity contribution is 6.02. The Kier molecular flexibility index (Phi) is 5.98. The first kappa shape index (κ1) is 20.2. The van der Waals surface area contributed by atoms with E-state index in [-0.39, 0.29) is 23.8 Å². The number of carbonyl (C=O) groups is 1. The fourth-order valence-corrected chi connectivity index (χ4v) is 3.35. The number of nitrogens with zero attached hydrogens (tertiary/aromatic N) is 1. The first-order valence-corrected chi connectivity index (χ1v) is 9.89. The molecule has 0 fully saturated rings. The number of rotatable bonds is 7. The Morgan fingerprint density at radius 2 is 1.81 bits per heavy atom. The van der Waals surface area contributed by atoms with Crippen molar-refractivity contribution < 1.29 is 13.9 Å². The Labute approximate surface area is 179 Å². The fraction of sp³-hybridized carbons (Fsp3) is 0.120. The molecular weight excluding hydrogens is 392 g/mol. The zero-order valence-corrected chi connectivity index (χ0v) is 17.1. The largest absolute Gasteiger partial charge is 0.496 e. The molecule has 0 bridgehead atoms. The number of furan rings is 1. The summed E-state index contributed by atoms with van der Waals surface area (Å²) in [7, 11) is 1.63. The standard InChI is InChI=1S/C25H22N2O4/c1-30-22-12-10-20(16-19(22)15-18-7-3-2-4-8-18)26-25(29)23-13-11-21(31-23)17-27-14-6-5-9-24(27)28/h2-14,16H,15,17H2,1H3,(H,26,29). The van der Waals surface area contributed by atoms with Crippen LogP contribution in [-0.2, 0) is 13.0 Å². The van der Waals surface area contributed by atoms with Crippen LogP contribution in [0.2, 0.25) is 0 Å². The molecule has 0 saturated carbocycles. The average Bonchev–Trinajstić information content (AvgIpc) is 3.25. The molecule has 0 radical (unpaired) electrons. The molecule has 156 valence electrons. The molecule has 0 spiro atoms. The summed E-state index contributed by atoms with van der Waals surface area (Å²) in [6.07, 6.45) is 2.36. The quantitative estimate of drug-likeness (QED) is 0.488. The molecule has 0 atom stereocenters. The zero-order chi connectivity index (χ0) is 21.6. The van der Waals surface area contributed by atoms with Crippen molar-refractivity contribution in [1.29, 1.82) is 0 Å². The SMILES string of the molecule is COc1ccc(NC(=O)c2ccc(Cn3ccccc3=O)o2)cc1Cc1ccccc1. The van der Waals surface area contributed by atoms with Crippen molar-refractivity contribution in [1.82, 2.24) is 4.57 Å². The minimum absolute atomic E-state index is 0.130. The van der Waals surface area contributed by atoms with Gasteiger partial charge in [-0.2, -0.15) is 0 Å². The van der Waals surface area contributed by atoms with E-state index in [1.165, 1.54) is 10.6 Å². The van der Waals surface area contributed by atoms with Crippen LogP contribution in [0.1, 0.15) is 27.4 Å². The number of carbonyl (C=O) groups excluding carboxylic acids is 1. The Hall–Kier alpha value is -4.06. The van der Waals surface area contributed by atoms with Crippen molar-refractivity contribution in [3.8, 4) is 5.75 Å². The van der Waals surface area contributed by atoms with Crippen molar-refractivity contribution in [2.24, 2.45) is 0 Å². The summed E-state index contributed by atoms with van der Waals surface area (Å²) in [6, 6.07) is 23.8. The van der Waals surface area contributed by atoms with Gasteiger partial charge in [0.2, 0.25) is 0 Å². The lowest BCUT2D eigenvalue weighted by atomic mass is 10.0. The number of nitrogens with one attached hydrogen (secondary N) is 1. The van der Waals surface area contributed by atoms with Crippen LogP contribution in [0.3, 0.4) is 0 Å². The van der Waals surface area contributed by atoms with E-state index in [1.807, 2.05) is 42.5 Å². The minimum Gasteiger partial charge on any atom is -0.496 e. The van der Waals surface area contributed by atoms with Crippen molar-refractivity contribution in [3.05, 3.63) is 118 Å². The maximum absolute atomic E-state index is 12.7. The number of aromatic nitrogens is 1. The number of pyridine rings is 1. The molecule has 4 aromatic rings. The summed E-state index contributed by atoms with van der Waals surface area (Å²) in [5, 5.41) is 2.87. The molecule has 0 saturated heterocycles. The van der Waals surface area contributed by atoms with E-state index in [1.54, 1.807) is 43.6 Å². The van der Waals surface area contributed by atoms with Gasteiger partial charge < -0.3 is 19.0 Å². The molecule has 1 N–H and O–H groups in total. The van der Waals surface area contributed by atoms with Gasteiger partial charge in [-0.05, 0) is 42.0 Å².